The molecule has 4 rings (SSSR count). The van der Waals surface area contributed by atoms with Crippen molar-refractivity contribution in [2.24, 2.45) is 0 Å². The lowest BCUT2D eigenvalue weighted by molar-refractivity contribution is -0.895. The van der Waals surface area contributed by atoms with E-state index in [9.17, 15) is 9.59 Å². The minimum absolute atomic E-state index is 0.0309. The third-order valence-electron chi connectivity index (χ3n) is 6.15. The van der Waals surface area contributed by atoms with E-state index in [1.54, 1.807) is 0 Å². The summed E-state index contributed by atoms with van der Waals surface area (Å²) < 4.78 is 0. The highest BCUT2D eigenvalue weighted by atomic mass is 16.2. The van der Waals surface area contributed by atoms with E-state index < -0.39 is 0 Å². The quantitative estimate of drug-likeness (QED) is 0.671. The molecule has 1 saturated heterocycles. The summed E-state index contributed by atoms with van der Waals surface area (Å²) in [6.45, 7) is 7.43. The van der Waals surface area contributed by atoms with Crippen LogP contribution >= 0.6 is 0 Å². The summed E-state index contributed by atoms with van der Waals surface area (Å²) >= 11 is 0. The van der Waals surface area contributed by atoms with Crippen molar-refractivity contribution in [3.05, 3.63) is 77.4 Å². The number of aryl methyl sites for hydroxylation is 2. The number of nitrogens with zero attached hydrogens (tertiary/aromatic N) is 1. The van der Waals surface area contributed by atoms with Crippen molar-refractivity contribution < 1.29 is 14.5 Å². The number of piperazine rings is 1. The van der Waals surface area contributed by atoms with Crippen LogP contribution in [-0.4, -0.2) is 49.4 Å². The van der Waals surface area contributed by atoms with Crippen LogP contribution in [0.15, 0.2) is 60.7 Å². The number of carbonyl (C=O) groups is 2. The number of anilines is 1. The highest BCUT2D eigenvalue weighted by Gasteiger charge is 2.25. The SMILES string of the molecule is Cc1cccc(C)c1NC(=O)C[NH+]1CCN(C(=O)Cc2ccc3ccccc3c2)CC1. The zero-order valence-corrected chi connectivity index (χ0v) is 18.3. The van der Waals surface area contributed by atoms with Gasteiger partial charge in [0.15, 0.2) is 6.54 Å². The number of rotatable bonds is 5. The second-order valence-corrected chi connectivity index (χ2v) is 8.48. The molecule has 5 nitrogen and oxygen atoms in total. The van der Waals surface area contributed by atoms with Gasteiger partial charge in [0.1, 0.15) is 0 Å². The van der Waals surface area contributed by atoms with Gasteiger partial charge in [-0.05, 0) is 41.3 Å². The molecule has 3 aromatic rings. The van der Waals surface area contributed by atoms with Crippen molar-refractivity contribution in [2.75, 3.05) is 38.0 Å². The van der Waals surface area contributed by atoms with Gasteiger partial charge in [-0.1, -0.05) is 60.7 Å². The first-order valence-electron chi connectivity index (χ1n) is 10.9. The van der Waals surface area contributed by atoms with Crippen molar-refractivity contribution in [1.29, 1.82) is 0 Å². The van der Waals surface area contributed by atoms with E-state index in [1.807, 2.05) is 55.1 Å². The Morgan fingerprint density at radius 3 is 2.29 bits per heavy atom. The highest BCUT2D eigenvalue weighted by Crippen LogP contribution is 2.19. The molecule has 1 aliphatic rings. The van der Waals surface area contributed by atoms with E-state index in [1.165, 1.54) is 10.3 Å². The van der Waals surface area contributed by atoms with Crippen LogP contribution in [0.3, 0.4) is 0 Å². The first kappa shape index (κ1) is 21.1. The number of para-hydroxylation sites is 1. The molecule has 0 aliphatic carbocycles. The summed E-state index contributed by atoms with van der Waals surface area (Å²) in [4.78, 5) is 28.5. The average molecular weight is 417 g/mol. The Bertz CT molecular complexity index is 1080. The molecule has 31 heavy (non-hydrogen) atoms. The third kappa shape index (κ3) is 5.12. The number of hydrogen-bond donors (Lipinski definition) is 2. The van der Waals surface area contributed by atoms with Gasteiger partial charge in [0.2, 0.25) is 5.91 Å². The van der Waals surface area contributed by atoms with Crippen molar-refractivity contribution in [3.63, 3.8) is 0 Å². The molecule has 0 spiro atoms. The molecule has 160 valence electrons. The minimum atomic E-state index is 0.0309. The van der Waals surface area contributed by atoms with E-state index in [2.05, 4.69) is 29.6 Å². The van der Waals surface area contributed by atoms with Crippen molar-refractivity contribution in [3.8, 4) is 0 Å². The molecule has 2 N–H and O–H groups in total. The molecule has 0 unspecified atom stereocenters. The van der Waals surface area contributed by atoms with Crippen LogP contribution in [0.2, 0.25) is 0 Å². The van der Waals surface area contributed by atoms with Gasteiger partial charge in [-0.3, -0.25) is 9.59 Å². The van der Waals surface area contributed by atoms with E-state index in [4.69, 9.17) is 0 Å². The normalized spacial score (nSPS) is 14.6. The number of hydrogen-bond acceptors (Lipinski definition) is 2. The smallest absolute Gasteiger partial charge is 0.279 e. The molecule has 3 aromatic carbocycles. The summed E-state index contributed by atoms with van der Waals surface area (Å²) in [6.07, 6.45) is 0.424. The number of benzene rings is 3. The van der Waals surface area contributed by atoms with Crippen LogP contribution in [0, 0.1) is 13.8 Å². The van der Waals surface area contributed by atoms with Crippen LogP contribution < -0.4 is 10.2 Å². The summed E-state index contributed by atoms with van der Waals surface area (Å²) in [7, 11) is 0. The number of carbonyl (C=O) groups excluding carboxylic acids is 2. The lowest BCUT2D eigenvalue weighted by Gasteiger charge is -2.32. The summed E-state index contributed by atoms with van der Waals surface area (Å²) in [6, 6.07) is 20.4. The fourth-order valence-corrected chi connectivity index (χ4v) is 4.31. The fraction of sp³-hybridized carbons (Fsp3) is 0.308. The number of quaternary nitrogens is 1. The highest BCUT2D eigenvalue weighted by molar-refractivity contribution is 5.93. The Balaban J connectivity index is 1.27. The topological polar surface area (TPSA) is 53.9 Å². The van der Waals surface area contributed by atoms with Gasteiger partial charge >= 0.3 is 0 Å². The molecular weight excluding hydrogens is 386 g/mol. The van der Waals surface area contributed by atoms with Gasteiger partial charge in [-0.15, -0.1) is 0 Å². The zero-order valence-electron chi connectivity index (χ0n) is 18.3. The van der Waals surface area contributed by atoms with Gasteiger partial charge in [-0.25, -0.2) is 0 Å². The molecule has 1 fully saturated rings. The maximum absolute atomic E-state index is 12.8. The van der Waals surface area contributed by atoms with Crippen molar-refractivity contribution >= 4 is 28.3 Å². The zero-order chi connectivity index (χ0) is 21.8. The van der Waals surface area contributed by atoms with Gasteiger partial charge < -0.3 is 15.1 Å². The van der Waals surface area contributed by atoms with E-state index >= 15 is 0 Å². The Kier molecular flexibility index (Phi) is 6.33. The third-order valence-corrected chi connectivity index (χ3v) is 6.15. The summed E-state index contributed by atoms with van der Waals surface area (Å²) in [5.41, 5.74) is 4.11. The molecule has 0 bridgehead atoms. The second kappa shape index (κ2) is 9.31. The molecular formula is C26H30N3O2+. The minimum Gasteiger partial charge on any atom is -0.331 e. The van der Waals surface area contributed by atoms with Crippen LogP contribution in [0.1, 0.15) is 16.7 Å². The number of fused-ring (bicyclic) bond motifs is 1. The van der Waals surface area contributed by atoms with Crippen LogP contribution in [-0.2, 0) is 16.0 Å². The predicted octanol–water partition coefficient (Wildman–Crippen LogP) is 2.36. The Labute approximate surface area is 183 Å². The lowest BCUT2D eigenvalue weighted by atomic mass is 10.0. The molecule has 2 amide bonds. The van der Waals surface area contributed by atoms with Gasteiger partial charge in [0.25, 0.3) is 5.91 Å². The van der Waals surface area contributed by atoms with Gasteiger partial charge in [0.05, 0.1) is 32.6 Å². The van der Waals surface area contributed by atoms with E-state index in [0.29, 0.717) is 26.1 Å². The fourth-order valence-electron chi connectivity index (χ4n) is 4.31. The molecule has 5 heteroatoms. The Hall–Kier alpha value is -3.18. The first-order valence-corrected chi connectivity index (χ1v) is 10.9. The molecule has 1 heterocycles. The monoisotopic (exact) mass is 416 g/mol. The molecule has 0 aromatic heterocycles. The predicted molar refractivity (Wildman–Crippen MR) is 124 cm³/mol. The Morgan fingerprint density at radius 1 is 0.903 bits per heavy atom. The second-order valence-electron chi connectivity index (χ2n) is 8.48. The molecule has 0 radical (unpaired) electrons. The largest absolute Gasteiger partial charge is 0.331 e. The number of amides is 2. The number of nitrogens with one attached hydrogen (secondary N) is 2. The maximum atomic E-state index is 12.8. The van der Waals surface area contributed by atoms with Gasteiger partial charge in [0, 0.05) is 5.69 Å². The molecule has 0 atom stereocenters. The first-order chi connectivity index (χ1) is 15.0. The maximum Gasteiger partial charge on any atom is 0.279 e. The van der Waals surface area contributed by atoms with Crippen molar-refractivity contribution in [1.82, 2.24) is 4.90 Å². The Morgan fingerprint density at radius 2 is 1.58 bits per heavy atom. The summed E-state index contributed by atoms with van der Waals surface area (Å²) in [5, 5.41) is 5.42. The standard InChI is InChI=1S/C26H29N3O2/c1-19-6-5-7-20(2)26(19)27-24(30)18-28-12-14-29(15-13-28)25(31)17-21-10-11-22-8-3-4-9-23(22)16-21/h3-11,16H,12-15,17-18H2,1-2H3,(H,27,30)/p+1. The molecule has 1 aliphatic heterocycles. The average Bonchev–Trinajstić information content (AvgIpc) is 2.77. The summed E-state index contributed by atoms with van der Waals surface area (Å²) in [5.74, 6) is 0.192. The van der Waals surface area contributed by atoms with Gasteiger partial charge in [-0.2, -0.15) is 0 Å². The van der Waals surface area contributed by atoms with Crippen LogP contribution in [0.4, 0.5) is 5.69 Å². The van der Waals surface area contributed by atoms with Crippen molar-refractivity contribution in [2.45, 2.75) is 20.3 Å². The van der Waals surface area contributed by atoms with E-state index in [0.717, 1.165) is 40.9 Å². The van der Waals surface area contributed by atoms with Crippen LogP contribution in [0.5, 0.6) is 0 Å². The molecule has 0 saturated carbocycles. The van der Waals surface area contributed by atoms with Crippen LogP contribution in [0.25, 0.3) is 10.8 Å². The van der Waals surface area contributed by atoms with E-state index in [-0.39, 0.29) is 11.8 Å². The lowest BCUT2D eigenvalue weighted by Crippen LogP contribution is -3.15.